The zero-order valence-corrected chi connectivity index (χ0v) is 15.3. The molecular formula is C16H19F3N4O2S. The van der Waals surface area contributed by atoms with Crippen LogP contribution in [0.3, 0.4) is 0 Å². The van der Waals surface area contributed by atoms with Crippen molar-refractivity contribution in [2.75, 3.05) is 19.0 Å². The molecule has 10 heteroatoms. The van der Waals surface area contributed by atoms with Crippen LogP contribution in [-0.4, -0.2) is 32.5 Å². The number of benzene rings is 1. The van der Waals surface area contributed by atoms with Crippen LogP contribution in [0.2, 0.25) is 0 Å². The fourth-order valence-corrected chi connectivity index (χ4v) is 3.24. The van der Waals surface area contributed by atoms with Gasteiger partial charge in [-0.3, -0.25) is 0 Å². The lowest BCUT2D eigenvalue weighted by Gasteiger charge is -2.13. The van der Waals surface area contributed by atoms with Crippen molar-refractivity contribution in [2.24, 2.45) is 0 Å². The molecule has 0 aliphatic rings. The molecule has 1 aromatic carbocycles. The van der Waals surface area contributed by atoms with Gasteiger partial charge in [-0.05, 0) is 24.6 Å². The first-order valence-electron chi connectivity index (χ1n) is 7.61. The van der Waals surface area contributed by atoms with Crippen LogP contribution < -0.4 is 9.62 Å². The number of aromatic nitrogens is 2. The number of nitrogens with zero attached hydrogens (tertiary/aromatic N) is 3. The minimum Gasteiger partial charge on any atom is -0.363 e. The second-order valence-corrected chi connectivity index (χ2v) is 7.76. The van der Waals surface area contributed by atoms with E-state index in [1.54, 1.807) is 32.0 Å². The number of alkyl halides is 3. The Kier molecular flexibility index (Phi) is 5.87. The third-order valence-electron chi connectivity index (χ3n) is 3.43. The van der Waals surface area contributed by atoms with Crippen LogP contribution in [0.4, 0.5) is 19.0 Å². The molecule has 1 aromatic heterocycles. The summed E-state index contributed by atoms with van der Waals surface area (Å²) < 4.78 is 64.3. The van der Waals surface area contributed by atoms with Crippen molar-refractivity contribution in [2.45, 2.75) is 25.4 Å². The minimum atomic E-state index is -4.46. The fourth-order valence-electron chi connectivity index (χ4n) is 2.16. The second-order valence-electron chi connectivity index (χ2n) is 5.95. The number of anilines is 1. The van der Waals surface area contributed by atoms with Gasteiger partial charge in [0.05, 0.1) is 17.9 Å². The zero-order chi connectivity index (χ0) is 19.5. The Morgan fingerprint density at radius 1 is 1.12 bits per heavy atom. The summed E-state index contributed by atoms with van der Waals surface area (Å²) >= 11 is 0. The molecule has 0 radical (unpaired) electrons. The van der Waals surface area contributed by atoms with Crippen molar-refractivity contribution >= 4 is 15.8 Å². The molecule has 0 amide bonds. The van der Waals surface area contributed by atoms with E-state index in [0.29, 0.717) is 17.3 Å². The van der Waals surface area contributed by atoms with Gasteiger partial charge in [-0.25, -0.2) is 23.1 Å². The molecule has 0 saturated heterocycles. The predicted octanol–water partition coefficient (Wildman–Crippen LogP) is 2.49. The standard InChI is InChI=1S/C16H19F3N4O2S/c1-11-8-15(23(2)3)22-14(21-11)9-20-26(24,25)10-12-4-6-13(7-5-12)16(17,18)19/h4-8,20H,9-10H2,1-3H3. The van der Waals surface area contributed by atoms with Crippen LogP contribution in [0.15, 0.2) is 30.3 Å². The Hall–Kier alpha value is -2.20. The Balaban J connectivity index is 2.05. The van der Waals surface area contributed by atoms with Crippen molar-refractivity contribution in [3.63, 3.8) is 0 Å². The Morgan fingerprint density at radius 2 is 1.73 bits per heavy atom. The molecule has 0 fully saturated rings. The van der Waals surface area contributed by atoms with Gasteiger partial charge in [0.1, 0.15) is 11.6 Å². The normalized spacial score (nSPS) is 12.2. The van der Waals surface area contributed by atoms with Crippen molar-refractivity contribution < 1.29 is 21.6 Å². The first-order valence-corrected chi connectivity index (χ1v) is 9.27. The van der Waals surface area contributed by atoms with Gasteiger partial charge in [-0.1, -0.05) is 12.1 Å². The molecule has 26 heavy (non-hydrogen) atoms. The molecular weight excluding hydrogens is 369 g/mol. The van der Waals surface area contributed by atoms with Gasteiger partial charge in [0, 0.05) is 25.9 Å². The average Bonchev–Trinajstić information content (AvgIpc) is 2.52. The second kappa shape index (κ2) is 7.58. The summed E-state index contributed by atoms with van der Waals surface area (Å²) in [6.45, 7) is 1.67. The fraction of sp³-hybridized carbons (Fsp3) is 0.375. The van der Waals surface area contributed by atoms with E-state index in [1.165, 1.54) is 0 Å². The van der Waals surface area contributed by atoms with E-state index in [2.05, 4.69) is 14.7 Å². The summed E-state index contributed by atoms with van der Waals surface area (Å²) in [4.78, 5) is 10.2. The summed E-state index contributed by atoms with van der Waals surface area (Å²) in [5, 5.41) is 0. The largest absolute Gasteiger partial charge is 0.416 e. The maximum atomic E-state index is 12.5. The highest BCUT2D eigenvalue weighted by molar-refractivity contribution is 7.88. The molecule has 0 bridgehead atoms. The summed E-state index contributed by atoms with van der Waals surface area (Å²) in [5.41, 5.74) is 0.126. The molecule has 1 N–H and O–H groups in total. The van der Waals surface area contributed by atoms with Gasteiger partial charge in [-0.15, -0.1) is 0 Å². The summed E-state index contributed by atoms with van der Waals surface area (Å²) in [6, 6.07) is 5.78. The van der Waals surface area contributed by atoms with Crippen LogP contribution in [0.25, 0.3) is 0 Å². The van der Waals surface area contributed by atoms with Gasteiger partial charge >= 0.3 is 6.18 Å². The third-order valence-corrected chi connectivity index (χ3v) is 4.73. The van der Waals surface area contributed by atoms with Gasteiger partial charge in [0.25, 0.3) is 0 Å². The molecule has 0 aliphatic heterocycles. The van der Waals surface area contributed by atoms with E-state index >= 15 is 0 Å². The number of aryl methyl sites for hydroxylation is 1. The van der Waals surface area contributed by atoms with Gasteiger partial charge in [-0.2, -0.15) is 13.2 Å². The molecule has 0 atom stereocenters. The van der Waals surface area contributed by atoms with Crippen LogP contribution in [0.5, 0.6) is 0 Å². The zero-order valence-electron chi connectivity index (χ0n) is 14.5. The molecule has 0 aliphatic carbocycles. The number of sulfonamides is 1. The van der Waals surface area contributed by atoms with Crippen LogP contribution in [-0.2, 0) is 28.5 Å². The third kappa shape index (κ3) is 5.67. The van der Waals surface area contributed by atoms with Crippen LogP contribution >= 0.6 is 0 Å². The maximum absolute atomic E-state index is 12.5. The summed E-state index contributed by atoms with van der Waals surface area (Å²) in [6.07, 6.45) is -4.46. The highest BCUT2D eigenvalue weighted by Crippen LogP contribution is 2.29. The van der Waals surface area contributed by atoms with Crippen molar-refractivity contribution in [3.8, 4) is 0 Å². The highest BCUT2D eigenvalue weighted by Gasteiger charge is 2.30. The van der Waals surface area contributed by atoms with E-state index in [-0.39, 0.29) is 12.1 Å². The quantitative estimate of drug-likeness (QED) is 0.823. The monoisotopic (exact) mass is 388 g/mol. The molecule has 1 heterocycles. The number of nitrogens with one attached hydrogen (secondary N) is 1. The Bertz CT molecular complexity index is 866. The Morgan fingerprint density at radius 3 is 2.27 bits per heavy atom. The molecule has 0 saturated carbocycles. The smallest absolute Gasteiger partial charge is 0.363 e. The van der Waals surface area contributed by atoms with E-state index in [9.17, 15) is 21.6 Å². The molecule has 2 aromatic rings. The topological polar surface area (TPSA) is 75.2 Å². The lowest BCUT2D eigenvalue weighted by molar-refractivity contribution is -0.137. The molecule has 0 unspecified atom stereocenters. The van der Waals surface area contributed by atoms with Gasteiger partial charge in [0.15, 0.2) is 0 Å². The molecule has 0 spiro atoms. The lowest BCUT2D eigenvalue weighted by Crippen LogP contribution is -2.26. The van der Waals surface area contributed by atoms with Gasteiger partial charge < -0.3 is 4.90 Å². The van der Waals surface area contributed by atoms with Crippen LogP contribution in [0.1, 0.15) is 22.6 Å². The van der Waals surface area contributed by atoms with E-state index in [1.807, 2.05) is 0 Å². The first kappa shape index (κ1) is 20.1. The maximum Gasteiger partial charge on any atom is 0.416 e. The van der Waals surface area contributed by atoms with Crippen molar-refractivity contribution in [1.82, 2.24) is 14.7 Å². The van der Waals surface area contributed by atoms with Crippen molar-refractivity contribution in [3.05, 3.63) is 53.0 Å². The first-order chi connectivity index (χ1) is 12.0. The van der Waals surface area contributed by atoms with E-state index in [0.717, 1.165) is 24.3 Å². The SMILES string of the molecule is Cc1cc(N(C)C)nc(CNS(=O)(=O)Cc2ccc(C(F)(F)F)cc2)n1. The Labute approximate surface area is 150 Å². The summed E-state index contributed by atoms with van der Waals surface area (Å²) in [5.74, 6) is 0.524. The number of hydrogen-bond donors (Lipinski definition) is 1. The number of rotatable bonds is 6. The molecule has 142 valence electrons. The van der Waals surface area contributed by atoms with Crippen LogP contribution in [0, 0.1) is 6.92 Å². The summed E-state index contributed by atoms with van der Waals surface area (Å²) in [7, 11) is -0.140. The minimum absolute atomic E-state index is 0.106. The molecule has 6 nitrogen and oxygen atoms in total. The number of hydrogen-bond acceptors (Lipinski definition) is 5. The number of halogens is 3. The van der Waals surface area contributed by atoms with Gasteiger partial charge in [0.2, 0.25) is 10.0 Å². The van der Waals surface area contributed by atoms with E-state index in [4.69, 9.17) is 0 Å². The lowest BCUT2D eigenvalue weighted by atomic mass is 10.1. The predicted molar refractivity (Wildman–Crippen MR) is 92.0 cm³/mol. The van der Waals surface area contributed by atoms with E-state index < -0.39 is 27.5 Å². The highest BCUT2D eigenvalue weighted by atomic mass is 32.2. The average molecular weight is 388 g/mol. The molecule has 2 rings (SSSR count). The van der Waals surface area contributed by atoms with Crippen molar-refractivity contribution in [1.29, 1.82) is 0 Å².